The normalized spacial score (nSPS) is 10.8. The number of aromatic nitrogens is 3. The monoisotopic (exact) mass is 423 g/mol. The summed E-state index contributed by atoms with van der Waals surface area (Å²) in [5.74, 6) is -0.189. The minimum absolute atomic E-state index is 0.0695. The molecule has 3 rings (SSSR count). The average molecular weight is 424 g/mol. The van der Waals surface area contributed by atoms with Gasteiger partial charge in [0.25, 0.3) is 5.56 Å². The van der Waals surface area contributed by atoms with E-state index in [0.29, 0.717) is 22.2 Å². The molecule has 0 unspecified atom stereocenters. The molecule has 0 fully saturated rings. The first kappa shape index (κ1) is 19.5. The lowest BCUT2D eigenvalue weighted by atomic mass is 10.3. The van der Waals surface area contributed by atoms with Crippen LogP contribution >= 0.6 is 35.0 Å². The molecule has 2 N–H and O–H groups in total. The van der Waals surface area contributed by atoms with Crippen molar-refractivity contribution in [1.82, 2.24) is 15.2 Å². The van der Waals surface area contributed by atoms with Crippen molar-refractivity contribution in [2.75, 3.05) is 0 Å². The van der Waals surface area contributed by atoms with E-state index in [4.69, 9.17) is 27.9 Å². The van der Waals surface area contributed by atoms with Gasteiger partial charge in [0.1, 0.15) is 5.69 Å². The predicted molar refractivity (Wildman–Crippen MR) is 106 cm³/mol. The van der Waals surface area contributed by atoms with Gasteiger partial charge in [-0.05, 0) is 42.3 Å². The van der Waals surface area contributed by atoms with E-state index in [1.807, 2.05) is 13.0 Å². The molecule has 0 saturated heterocycles. The summed E-state index contributed by atoms with van der Waals surface area (Å²) in [5.41, 5.74) is 1.23. The van der Waals surface area contributed by atoms with Gasteiger partial charge < -0.3 is 9.72 Å². The molecule has 140 valence electrons. The van der Waals surface area contributed by atoms with E-state index in [1.165, 1.54) is 11.8 Å². The highest BCUT2D eigenvalue weighted by molar-refractivity contribution is 7.98. The Morgan fingerprint density at radius 2 is 2.04 bits per heavy atom. The number of pyridine rings is 1. The summed E-state index contributed by atoms with van der Waals surface area (Å²) in [4.78, 5) is 27.6. The minimum atomic E-state index is -0.665. The number of halogens is 2. The molecule has 0 bridgehead atoms. The van der Waals surface area contributed by atoms with Crippen LogP contribution < -0.4 is 10.3 Å². The molecular formula is C18H15Cl2N3O3S. The van der Waals surface area contributed by atoms with Gasteiger partial charge in [0, 0.05) is 16.8 Å². The van der Waals surface area contributed by atoms with Gasteiger partial charge in [-0.1, -0.05) is 30.1 Å². The Labute approximate surface area is 169 Å². The summed E-state index contributed by atoms with van der Waals surface area (Å²) in [6.45, 7) is 1.92. The minimum Gasteiger partial charge on any atom is -0.416 e. The summed E-state index contributed by atoms with van der Waals surface area (Å²) in [6, 6.07) is 8.49. The van der Waals surface area contributed by atoms with Crippen LogP contribution in [0.5, 0.6) is 5.75 Å². The Morgan fingerprint density at radius 1 is 1.22 bits per heavy atom. The third kappa shape index (κ3) is 4.94. The number of H-pyrrole nitrogens is 2. The first-order valence-electron chi connectivity index (χ1n) is 8.02. The molecule has 6 nitrogen and oxygen atoms in total. The highest BCUT2D eigenvalue weighted by Crippen LogP contribution is 2.30. The molecule has 0 aliphatic carbocycles. The molecular weight excluding hydrogens is 409 g/mol. The van der Waals surface area contributed by atoms with Crippen LogP contribution in [-0.4, -0.2) is 21.2 Å². The zero-order valence-corrected chi connectivity index (χ0v) is 16.5. The summed E-state index contributed by atoms with van der Waals surface area (Å²) in [6.07, 6.45) is 2.27. The smallest absolute Gasteiger partial charge is 0.361 e. The van der Waals surface area contributed by atoms with Crippen LogP contribution in [0.15, 0.2) is 46.2 Å². The van der Waals surface area contributed by atoms with E-state index in [2.05, 4.69) is 15.2 Å². The zero-order valence-electron chi connectivity index (χ0n) is 14.2. The van der Waals surface area contributed by atoms with E-state index in [9.17, 15) is 9.59 Å². The lowest BCUT2D eigenvalue weighted by Gasteiger charge is -2.06. The Kier molecular flexibility index (Phi) is 6.26. The van der Waals surface area contributed by atoms with Gasteiger partial charge in [0.05, 0.1) is 15.7 Å². The second kappa shape index (κ2) is 8.65. The van der Waals surface area contributed by atoms with Crippen molar-refractivity contribution >= 4 is 40.9 Å². The number of hydrogen-bond donors (Lipinski definition) is 2. The molecule has 0 amide bonds. The van der Waals surface area contributed by atoms with Crippen LogP contribution in [0.3, 0.4) is 0 Å². The van der Waals surface area contributed by atoms with Crippen molar-refractivity contribution in [3.63, 3.8) is 0 Å². The summed E-state index contributed by atoms with van der Waals surface area (Å²) in [7, 11) is 0. The van der Waals surface area contributed by atoms with Gasteiger partial charge >= 0.3 is 5.97 Å². The number of aromatic amines is 2. The van der Waals surface area contributed by atoms with Crippen LogP contribution in [-0.2, 0) is 12.2 Å². The molecule has 0 saturated carbocycles. The molecule has 2 heterocycles. The van der Waals surface area contributed by atoms with Crippen LogP contribution in [0.2, 0.25) is 10.0 Å². The Bertz CT molecular complexity index is 1030. The summed E-state index contributed by atoms with van der Waals surface area (Å²) < 4.78 is 5.21. The number of thioether (sulfide) groups is 1. The van der Waals surface area contributed by atoms with E-state index in [-0.39, 0.29) is 11.4 Å². The van der Waals surface area contributed by atoms with Gasteiger partial charge in [-0.15, -0.1) is 11.8 Å². The molecule has 9 heteroatoms. The van der Waals surface area contributed by atoms with Crippen molar-refractivity contribution in [3.8, 4) is 5.75 Å². The van der Waals surface area contributed by atoms with Gasteiger partial charge in [-0.3, -0.25) is 9.89 Å². The fourth-order valence-electron chi connectivity index (χ4n) is 2.20. The lowest BCUT2D eigenvalue weighted by Crippen LogP contribution is -2.17. The van der Waals surface area contributed by atoms with Gasteiger partial charge in [-0.2, -0.15) is 5.10 Å². The third-order valence-corrected chi connectivity index (χ3v) is 5.45. The molecule has 0 atom stereocenters. The molecule has 0 spiro atoms. The molecule has 3 aromatic rings. The molecule has 2 aromatic heterocycles. The zero-order chi connectivity index (χ0) is 19.4. The first-order chi connectivity index (χ1) is 13.0. The van der Waals surface area contributed by atoms with Crippen LogP contribution in [0.4, 0.5) is 0 Å². The van der Waals surface area contributed by atoms with Crippen molar-refractivity contribution in [2.24, 2.45) is 0 Å². The van der Waals surface area contributed by atoms with Crippen molar-refractivity contribution < 1.29 is 9.53 Å². The van der Waals surface area contributed by atoms with Gasteiger partial charge in [0.15, 0.2) is 5.75 Å². The second-order valence-electron chi connectivity index (χ2n) is 5.58. The maximum atomic E-state index is 12.2. The number of hydrogen-bond acceptors (Lipinski definition) is 5. The highest BCUT2D eigenvalue weighted by atomic mass is 35.5. The summed E-state index contributed by atoms with van der Waals surface area (Å²) in [5, 5.41) is 7.55. The lowest BCUT2D eigenvalue weighted by molar-refractivity contribution is 0.0726. The SMILES string of the molecule is CCc1cc(C(=O)Oc2cc(CSc3ccc(Cl)c(Cl)c3)c[nH]c2=O)[nH]n1. The maximum Gasteiger partial charge on any atom is 0.361 e. The molecule has 27 heavy (non-hydrogen) atoms. The number of rotatable bonds is 6. The van der Waals surface area contributed by atoms with Crippen molar-refractivity contribution in [2.45, 2.75) is 24.0 Å². The Hall–Kier alpha value is -2.22. The average Bonchev–Trinajstić information content (AvgIpc) is 3.14. The van der Waals surface area contributed by atoms with E-state index >= 15 is 0 Å². The Balaban J connectivity index is 1.70. The number of esters is 1. The molecule has 0 radical (unpaired) electrons. The number of benzene rings is 1. The van der Waals surface area contributed by atoms with Gasteiger partial charge in [-0.25, -0.2) is 4.79 Å². The highest BCUT2D eigenvalue weighted by Gasteiger charge is 2.14. The van der Waals surface area contributed by atoms with Crippen LogP contribution in [0, 0.1) is 0 Å². The Morgan fingerprint density at radius 3 is 2.74 bits per heavy atom. The number of ether oxygens (including phenoxy) is 1. The molecule has 0 aliphatic rings. The van der Waals surface area contributed by atoms with E-state index in [1.54, 1.807) is 30.5 Å². The number of nitrogens with zero attached hydrogens (tertiary/aromatic N) is 1. The van der Waals surface area contributed by atoms with Crippen LogP contribution in [0.25, 0.3) is 0 Å². The van der Waals surface area contributed by atoms with Crippen LogP contribution in [0.1, 0.15) is 28.7 Å². The fraction of sp³-hybridized carbons (Fsp3) is 0.167. The van der Waals surface area contributed by atoms with Crippen molar-refractivity contribution in [1.29, 1.82) is 0 Å². The number of aryl methyl sites for hydroxylation is 1. The van der Waals surface area contributed by atoms with Crippen molar-refractivity contribution in [3.05, 3.63) is 73.9 Å². The second-order valence-corrected chi connectivity index (χ2v) is 7.45. The molecule has 1 aromatic carbocycles. The number of nitrogens with one attached hydrogen (secondary N) is 2. The maximum absolute atomic E-state index is 12.2. The summed E-state index contributed by atoms with van der Waals surface area (Å²) >= 11 is 13.4. The predicted octanol–water partition coefficient (Wildman–Crippen LogP) is 4.48. The number of carbonyl (C=O) groups excluding carboxylic acids is 1. The molecule has 0 aliphatic heterocycles. The largest absolute Gasteiger partial charge is 0.416 e. The fourth-order valence-corrected chi connectivity index (χ4v) is 3.43. The number of carbonyl (C=O) groups is 1. The van der Waals surface area contributed by atoms with Gasteiger partial charge in [0.2, 0.25) is 0 Å². The first-order valence-corrected chi connectivity index (χ1v) is 9.76. The van der Waals surface area contributed by atoms with E-state index in [0.717, 1.165) is 16.2 Å². The van der Waals surface area contributed by atoms with E-state index < -0.39 is 11.5 Å². The standard InChI is InChI=1S/C18H15Cl2N3O3S/c1-2-11-6-15(23-22-11)18(25)26-16-5-10(8-21-17(16)24)9-27-12-3-4-13(19)14(20)7-12/h3-8H,2,9H2,1H3,(H,21,24)(H,22,23). The quantitative estimate of drug-likeness (QED) is 0.450. The third-order valence-electron chi connectivity index (χ3n) is 3.64. The topological polar surface area (TPSA) is 87.8 Å².